The van der Waals surface area contributed by atoms with Crippen molar-refractivity contribution in [1.29, 1.82) is 0 Å². The van der Waals surface area contributed by atoms with E-state index >= 15 is 0 Å². The lowest BCUT2D eigenvalue weighted by Gasteiger charge is -2.36. The van der Waals surface area contributed by atoms with Gasteiger partial charge >= 0.3 is 0 Å². The number of aryl methyl sites for hydroxylation is 1. The number of hydrogen-bond donors (Lipinski definition) is 1. The van der Waals surface area contributed by atoms with Gasteiger partial charge in [0.05, 0.1) is 0 Å². The molecule has 100 valence electrons. The van der Waals surface area contributed by atoms with Gasteiger partial charge in [-0.1, -0.05) is 43.7 Å². The minimum absolute atomic E-state index is 0.766. The first-order chi connectivity index (χ1) is 8.65. The molecule has 0 saturated heterocycles. The average molecular weight is 245 g/mol. The lowest BCUT2D eigenvalue weighted by molar-refractivity contribution is 0.288. The number of benzene rings is 1. The summed E-state index contributed by atoms with van der Waals surface area (Å²) < 4.78 is 0. The van der Waals surface area contributed by atoms with Gasteiger partial charge in [-0.15, -0.1) is 0 Å². The normalized spacial score (nSPS) is 23.1. The third-order valence-electron chi connectivity index (χ3n) is 4.04. The summed E-state index contributed by atoms with van der Waals surface area (Å²) in [6.45, 7) is 7.99. The van der Waals surface area contributed by atoms with Crippen LogP contribution in [0.4, 0.5) is 0 Å². The van der Waals surface area contributed by atoms with Gasteiger partial charge < -0.3 is 5.32 Å². The zero-order valence-electron chi connectivity index (χ0n) is 12.1. The molecule has 1 aliphatic carbocycles. The topological polar surface area (TPSA) is 12.0 Å². The molecule has 0 spiro atoms. The SMILES string of the molecule is Cc1cccc(C2CC(NCCCC(C)C)C2)c1. The summed E-state index contributed by atoms with van der Waals surface area (Å²) in [6.07, 6.45) is 5.32. The first-order valence-corrected chi connectivity index (χ1v) is 7.45. The van der Waals surface area contributed by atoms with Crippen LogP contribution in [0, 0.1) is 12.8 Å². The Balaban J connectivity index is 1.65. The Hall–Kier alpha value is -0.820. The molecule has 0 radical (unpaired) electrons. The molecule has 0 aliphatic heterocycles. The molecule has 1 nitrogen and oxygen atoms in total. The van der Waals surface area contributed by atoms with Gasteiger partial charge in [0.15, 0.2) is 0 Å². The van der Waals surface area contributed by atoms with Crippen LogP contribution in [0.15, 0.2) is 24.3 Å². The van der Waals surface area contributed by atoms with Crippen molar-refractivity contribution in [2.75, 3.05) is 6.54 Å². The van der Waals surface area contributed by atoms with E-state index in [4.69, 9.17) is 0 Å². The first-order valence-electron chi connectivity index (χ1n) is 7.45. The molecule has 1 fully saturated rings. The van der Waals surface area contributed by atoms with Crippen LogP contribution in [-0.4, -0.2) is 12.6 Å². The lowest BCUT2D eigenvalue weighted by Crippen LogP contribution is -2.40. The predicted octanol–water partition coefficient (Wildman–Crippen LogP) is 4.27. The van der Waals surface area contributed by atoms with E-state index in [0.29, 0.717) is 0 Å². The van der Waals surface area contributed by atoms with Crippen LogP contribution in [0.25, 0.3) is 0 Å². The summed E-state index contributed by atoms with van der Waals surface area (Å²) in [5.41, 5.74) is 2.93. The van der Waals surface area contributed by atoms with E-state index in [9.17, 15) is 0 Å². The van der Waals surface area contributed by atoms with Crippen molar-refractivity contribution in [2.45, 2.75) is 58.4 Å². The minimum Gasteiger partial charge on any atom is -0.314 e. The van der Waals surface area contributed by atoms with Gasteiger partial charge in [0, 0.05) is 6.04 Å². The van der Waals surface area contributed by atoms with Crippen molar-refractivity contribution in [3.8, 4) is 0 Å². The van der Waals surface area contributed by atoms with E-state index in [2.05, 4.69) is 50.4 Å². The number of hydrogen-bond acceptors (Lipinski definition) is 1. The van der Waals surface area contributed by atoms with Crippen molar-refractivity contribution >= 4 is 0 Å². The molecular weight excluding hydrogens is 218 g/mol. The van der Waals surface area contributed by atoms with Crippen LogP contribution in [0.5, 0.6) is 0 Å². The molecule has 0 bridgehead atoms. The molecule has 1 saturated carbocycles. The summed E-state index contributed by atoms with van der Waals surface area (Å²) in [5.74, 6) is 1.64. The smallest absolute Gasteiger partial charge is 0.00787 e. The van der Waals surface area contributed by atoms with Gasteiger partial charge in [-0.2, -0.15) is 0 Å². The summed E-state index contributed by atoms with van der Waals surface area (Å²) in [6, 6.07) is 9.77. The summed E-state index contributed by atoms with van der Waals surface area (Å²) >= 11 is 0. The summed E-state index contributed by atoms with van der Waals surface area (Å²) in [5, 5.41) is 3.69. The fourth-order valence-corrected chi connectivity index (χ4v) is 2.80. The highest BCUT2D eigenvalue weighted by Crippen LogP contribution is 2.37. The molecule has 1 aliphatic rings. The third-order valence-corrected chi connectivity index (χ3v) is 4.04. The van der Waals surface area contributed by atoms with E-state index in [-0.39, 0.29) is 0 Å². The van der Waals surface area contributed by atoms with Crippen LogP contribution in [-0.2, 0) is 0 Å². The molecule has 0 atom stereocenters. The highest BCUT2D eigenvalue weighted by molar-refractivity contribution is 5.27. The van der Waals surface area contributed by atoms with Crippen molar-refractivity contribution in [3.63, 3.8) is 0 Å². The quantitative estimate of drug-likeness (QED) is 0.738. The molecule has 0 amide bonds. The zero-order chi connectivity index (χ0) is 13.0. The fourth-order valence-electron chi connectivity index (χ4n) is 2.80. The summed E-state index contributed by atoms with van der Waals surface area (Å²) in [7, 11) is 0. The maximum atomic E-state index is 3.69. The molecular formula is C17H27N. The van der Waals surface area contributed by atoms with Gasteiger partial charge in [0.1, 0.15) is 0 Å². The van der Waals surface area contributed by atoms with Crippen molar-refractivity contribution in [3.05, 3.63) is 35.4 Å². The highest BCUT2D eigenvalue weighted by atomic mass is 14.9. The van der Waals surface area contributed by atoms with Gasteiger partial charge in [0.25, 0.3) is 0 Å². The molecule has 1 aromatic rings. The first kappa shape index (κ1) is 13.6. The molecule has 18 heavy (non-hydrogen) atoms. The fraction of sp³-hybridized carbons (Fsp3) is 0.647. The predicted molar refractivity (Wildman–Crippen MR) is 79.0 cm³/mol. The second-order valence-corrected chi connectivity index (χ2v) is 6.27. The standard InChI is InChI=1S/C17H27N/c1-13(2)6-5-9-18-17-11-16(12-17)15-8-4-7-14(3)10-15/h4,7-8,10,13,16-18H,5-6,9,11-12H2,1-3H3. The van der Waals surface area contributed by atoms with Gasteiger partial charge in [-0.05, 0) is 56.6 Å². The van der Waals surface area contributed by atoms with Gasteiger partial charge in [-0.3, -0.25) is 0 Å². The maximum Gasteiger partial charge on any atom is 0.00787 e. The van der Waals surface area contributed by atoms with E-state index in [1.54, 1.807) is 0 Å². The highest BCUT2D eigenvalue weighted by Gasteiger charge is 2.29. The maximum absolute atomic E-state index is 3.69. The van der Waals surface area contributed by atoms with Crippen LogP contribution in [0.2, 0.25) is 0 Å². The van der Waals surface area contributed by atoms with Crippen LogP contribution >= 0.6 is 0 Å². The molecule has 0 heterocycles. The second-order valence-electron chi connectivity index (χ2n) is 6.27. The average Bonchev–Trinajstić information content (AvgIpc) is 2.25. The van der Waals surface area contributed by atoms with Crippen LogP contribution in [0.1, 0.15) is 56.6 Å². The van der Waals surface area contributed by atoms with E-state index in [1.165, 1.54) is 43.4 Å². The molecule has 1 N–H and O–H groups in total. The number of nitrogens with one attached hydrogen (secondary N) is 1. The number of rotatable bonds is 6. The molecule has 1 heteroatoms. The Bertz CT molecular complexity index is 364. The van der Waals surface area contributed by atoms with Crippen LogP contribution in [0.3, 0.4) is 0 Å². The molecule has 1 aromatic carbocycles. The monoisotopic (exact) mass is 245 g/mol. The largest absolute Gasteiger partial charge is 0.314 e. The molecule has 2 rings (SSSR count). The Kier molecular flexibility index (Phi) is 4.82. The van der Waals surface area contributed by atoms with E-state index in [0.717, 1.165) is 17.9 Å². The Morgan fingerprint density at radius 1 is 1.28 bits per heavy atom. The van der Waals surface area contributed by atoms with Gasteiger partial charge in [-0.25, -0.2) is 0 Å². The Labute approximate surface area is 112 Å². The van der Waals surface area contributed by atoms with Crippen molar-refractivity contribution in [1.82, 2.24) is 5.32 Å². The Morgan fingerprint density at radius 2 is 2.06 bits per heavy atom. The van der Waals surface area contributed by atoms with Crippen molar-refractivity contribution in [2.24, 2.45) is 5.92 Å². The lowest BCUT2D eigenvalue weighted by atomic mass is 9.75. The second kappa shape index (κ2) is 6.38. The molecule has 0 aromatic heterocycles. The van der Waals surface area contributed by atoms with E-state index in [1.807, 2.05) is 0 Å². The van der Waals surface area contributed by atoms with Crippen molar-refractivity contribution < 1.29 is 0 Å². The minimum atomic E-state index is 0.766. The molecule has 0 unspecified atom stereocenters. The Morgan fingerprint density at radius 3 is 2.72 bits per heavy atom. The van der Waals surface area contributed by atoms with E-state index < -0.39 is 0 Å². The zero-order valence-corrected chi connectivity index (χ0v) is 12.1. The van der Waals surface area contributed by atoms with Crippen LogP contribution < -0.4 is 5.32 Å². The van der Waals surface area contributed by atoms with Gasteiger partial charge in [0.2, 0.25) is 0 Å². The summed E-state index contributed by atoms with van der Waals surface area (Å²) in [4.78, 5) is 0. The third kappa shape index (κ3) is 3.84.